The number of nitro groups is 1. The van der Waals surface area contributed by atoms with E-state index in [1.165, 1.54) is 17.4 Å². The molecule has 0 saturated carbocycles. The zero-order valence-corrected chi connectivity index (χ0v) is 9.42. The summed E-state index contributed by atoms with van der Waals surface area (Å²) in [4.78, 5) is 16.4. The Bertz CT molecular complexity index is 673. The average Bonchev–Trinajstić information content (AvgIpc) is 2.88. The van der Waals surface area contributed by atoms with Crippen molar-refractivity contribution in [3.63, 3.8) is 0 Å². The molecule has 0 radical (unpaired) electrons. The van der Waals surface area contributed by atoms with Gasteiger partial charge < -0.3 is 0 Å². The number of nitro benzene ring substituents is 1. The molecule has 0 atom stereocenters. The van der Waals surface area contributed by atoms with Gasteiger partial charge in [-0.15, -0.1) is 0 Å². The van der Waals surface area contributed by atoms with E-state index in [2.05, 4.69) is 4.98 Å². The van der Waals surface area contributed by atoms with Gasteiger partial charge in [0.2, 0.25) is 0 Å². The van der Waals surface area contributed by atoms with E-state index in [4.69, 9.17) is 0 Å². The van der Waals surface area contributed by atoms with E-state index in [0.717, 1.165) is 9.84 Å². The van der Waals surface area contributed by atoms with E-state index in [0.29, 0.717) is 5.56 Å². The van der Waals surface area contributed by atoms with Gasteiger partial charge in [-0.3, -0.25) is 14.5 Å². The quantitative estimate of drug-likeness (QED) is 0.515. The first-order valence-electron chi connectivity index (χ1n) is 4.92. The predicted octanol–water partition coefficient (Wildman–Crippen LogP) is 2.97. The van der Waals surface area contributed by atoms with Crippen LogP contribution in [0.25, 0.3) is 15.4 Å². The first-order valence-corrected chi connectivity index (χ1v) is 5.73. The largest absolute Gasteiger partial charge is 0.297 e. The molecule has 3 aromatic rings. The van der Waals surface area contributed by atoms with Crippen molar-refractivity contribution in [2.45, 2.75) is 0 Å². The Morgan fingerprint density at radius 2 is 2.18 bits per heavy atom. The Hall–Kier alpha value is -2.21. The topological polar surface area (TPSA) is 60.4 Å². The summed E-state index contributed by atoms with van der Waals surface area (Å²) in [7, 11) is 0. The number of thiazole rings is 1. The molecule has 84 valence electrons. The van der Waals surface area contributed by atoms with E-state index in [-0.39, 0.29) is 10.6 Å². The molecule has 6 heteroatoms. The van der Waals surface area contributed by atoms with Crippen LogP contribution in [0.4, 0.5) is 5.69 Å². The molecule has 5 nitrogen and oxygen atoms in total. The third kappa shape index (κ3) is 1.58. The first kappa shape index (κ1) is 9.98. The normalized spacial score (nSPS) is 10.8. The molecule has 0 bridgehead atoms. The molecule has 1 aromatic carbocycles. The summed E-state index contributed by atoms with van der Waals surface area (Å²) in [5, 5.41) is 10.9. The van der Waals surface area contributed by atoms with Crippen LogP contribution in [0.1, 0.15) is 0 Å². The van der Waals surface area contributed by atoms with Gasteiger partial charge in [0, 0.05) is 24.7 Å². The van der Waals surface area contributed by atoms with Crippen LogP contribution in [-0.2, 0) is 0 Å². The van der Waals surface area contributed by atoms with Gasteiger partial charge in [-0.05, 0) is 6.07 Å². The molecule has 2 aromatic heterocycles. The lowest BCUT2D eigenvalue weighted by molar-refractivity contribution is -0.384. The van der Waals surface area contributed by atoms with Gasteiger partial charge in [-0.2, -0.15) is 0 Å². The second-order valence-corrected chi connectivity index (χ2v) is 4.50. The number of hydrogen-bond donors (Lipinski definition) is 0. The molecular formula is C11H7N3O2S. The fraction of sp³-hybridized carbons (Fsp3) is 0. The lowest BCUT2D eigenvalue weighted by atomic mass is 10.1. The van der Waals surface area contributed by atoms with Crippen LogP contribution in [-0.4, -0.2) is 14.3 Å². The highest BCUT2D eigenvalue weighted by Gasteiger charge is 2.16. The van der Waals surface area contributed by atoms with Gasteiger partial charge in [0.15, 0.2) is 4.96 Å². The summed E-state index contributed by atoms with van der Waals surface area (Å²) in [5.74, 6) is 0. The zero-order chi connectivity index (χ0) is 11.8. The number of fused-ring (bicyclic) bond motifs is 1. The minimum atomic E-state index is -0.363. The van der Waals surface area contributed by atoms with Crippen molar-refractivity contribution in [1.82, 2.24) is 9.38 Å². The molecule has 0 N–H and O–H groups in total. The molecule has 17 heavy (non-hydrogen) atoms. The maximum Gasteiger partial charge on any atom is 0.278 e. The molecular weight excluding hydrogens is 238 g/mol. The van der Waals surface area contributed by atoms with Crippen LogP contribution < -0.4 is 0 Å². The number of aromatic nitrogens is 2. The number of para-hydroxylation sites is 1. The van der Waals surface area contributed by atoms with Crippen LogP contribution in [0.2, 0.25) is 0 Å². The summed E-state index contributed by atoms with van der Waals surface area (Å²) < 4.78 is 1.86. The second-order valence-electron chi connectivity index (χ2n) is 3.49. The molecule has 0 aliphatic heterocycles. The molecule has 0 amide bonds. The average molecular weight is 245 g/mol. The highest BCUT2D eigenvalue weighted by atomic mass is 32.1. The summed E-state index contributed by atoms with van der Waals surface area (Å²) >= 11 is 1.44. The van der Waals surface area contributed by atoms with Crippen LogP contribution in [0.3, 0.4) is 0 Å². The van der Waals surface area contributed by atoms with Crippen molar-refractivity contribution < 1.29 is 4.92 Å². The van der Waals surface area contributed by atoms with Gasteiger partial charge in [0.05, 0.1) is 15.4 Å². The molecule has 2 heterocycles. The number of benzene rings is 1. The van der Waals surface area contributed by atoms with Crippen LogP contribution in [0.5, 0.6) is 0 Å². The molecule has 3 rings (SSSR count). The third-order valence-corrected chi connectivity index (χ3v) is 3.50. The van der Waals surface area contributed by atoms with Crippen molar-refractivity contribution in [3.05, 3.63) is 53.0 Å². The Labute approximate surface area is 100 Å². The van der Waals surface area contributed by atoms with Crippen molar-refractivity contribution >= 4 is 22.0 Å². The molecule has 0 aliphatic rings. The van der Waals surface area contributed by atoms with Gasteiger partial charge >= 0.3 is 0 Å². The Kier molecular flexibility index (Phi) is 2.15. The fourth-order valence-electron chi connectivity index (χ4n) is 1.69. The summed E-state index contributed by atoms with van der Waals surface area (Å²) in [6.07, 6.45) is 5.38. The summed E-state index contributed by atoms with van der Waals surface area (Å²) in [6.45, 7) is 0. The van der Waals surface area contributed by atoms with Gasteiger partial charge in [0.25, 0.3) is 5.69 Å². The SMILES string of the molecule is O=[N+]([O-])c1ccccc1-c1cn2ccnc2s1. The maximum atomic E-state index is 10.9. The standard InChI is InChI=1S/C11H7N3O2S/c15-14(16)9-4-2-1-3-8(9)10-7-13-6-5-12-11(13)17-10/h1-7H. The number of rotatable bonds is 2. The maximum absolute atomic E-state index is 10.9. The Balaban J connectivity index is 2.21. The zero-order valence-electron chi connectivity index (χ0n) is 8.61. The van der Waals surface area contributed by atoms with E-state index in [1.807, 2.05) is 16.8 Å². The van der Waals surface area contributed by atoms with Crippen LogP contribution >= 0.6 is 11.3 Å². The third-order valence-electron chi connectivity index (χ3n) is 2.46. The van der Waals surface area contributed by atoms with Crippen LogP contribution in [0.15, 0.2) is 42.9 Å². The lowest BCUT2D eigenvalue weighted by Gasteiger charge is -1.98. The lowest BCUT2D eigenvalue weighted by Crippen LogP contribution is -1.90. The summed E-state index contributed by atoms with van der Waals surface area (Å²) in [6, 6.07) is 6.73. The number of hydrogen-bond acceptors (Lipinski definition) is 4. The number of imidazole rings is 1. The van der Waals surface area contributed by atoms with Gasteiger partial charge in [-0.1, -0.05) is 23.5 Å². The molecule has 0 unspecified atom stereocenters. The minimum absolute atomic E-state index is 0.122. The monoisotopic (exact) mass is 245 g/mol. The second kappa shape index (κ2) is 3.67. The molecule has 0 fully saturated rings. The van der Waals surface area contributed by atoms with Crippen molar-refractivity contribution in [3.8, 4) is 10.4 Å². The van der Waals surface area contributed by atoms with Crippen molar-refractivity contribution in [1.29, 1.82) is 0 Å². The van der Waals surface area contributed by atoms with Gasteiger partial charge in [-0.25, -0.2) is 4.98 Å². The van der Waals surface area contributed by atoms with E-state index >= 15 is 0 Å². The van der Waals surface area contributed by atoms with E-state index < -0.39 is 0 Å². The highest BCUT2D eigenvalue weighted by molar-refractivity contribution is 7.20. The van der Waals surface area contributed by atoms with E-state index in [1.54, 1.807) is 24.4 Å². The minimum Gasteiger partial charge on any atom is -0.297 e. The number of nitrogens with zero attached hydrogens (tertiary/aromatic N) is 3. The van der Waals surface area contributed by atoms with Gasteiger partial charge in [0.1, 0.15) is 0 Å². The fourth-order valence-corrected chi connectivity index (χ4v) is 2.67. The Morgan fingerprint density at radius 1 is 1.35 bits per heavy atom. The van der Waals surface area contributed by atoms with Crippen LogP contribution in [0, 0.1) is 10.1 Å². The highest BCUT2D eigenvalue weighted by Crippen LogP contribution is 2.34. The molecule has 0 saturated heterocycles. The van der Waals surface area contributed by atoms with Crippen molar-refractivity contribution in [2.75, 3.05) is 0 Å². The van der Waals surface area contributed by atoms with Crippen molar-refractivity contribution in [2.24, 2.45) is 0 Å². The predicted molar refractivity (Wildman–Crippen MR) is 65.2 cm³/mol. The molecule has 0 spiro atoms. The molecule has 0 aliphatic carbocycles. The smallest absolute Gasteiger partial charge is 0.278 e. The van der Waals surface area contributed by atoms with E-state index in [9.17, 15) is 10.1 Å². The Morgan fingerprint density at radius 3 is 2.94 bits per heavy atom. The summed E-state index contributed by atoms with van der Waals surface area (Å²) in [5.41, 5.74) is 0.755. The first-order chi connectivity index (χ1) is 8.25.